The minimum absolute atomic E-state index is 0.0835. The minimum atomic E-state index is -4.03. The van der Waals surface area contributed by atoms with E-state index in [9.17, 15) is 17.6 Å². The fourth-order valence-electron chi connectivity index (χ4n) is 1.84. The SMILES string of the molecule is CCN(c1cccc(F)c1)S(=O)(=O)c1c[nH]ccc1=O. The number of hydrogen-bond donors (Lipinski definition) is 1. The lowest BCUT2D eigenvalue weighted by Gasteiger charge is -2.22. The number of rotatable bonds is 4. The molecule has 0 aliphatic rings. The van der Waals surface area contributed by atoms with Crippen molar-refractivity contribution < 1.29 is 12.8 Å². The number of hydrogen-bond acceptors (Lipinski definition) is 3. The van der Waals surface area contributed by atoms with E-state index in [0.717, 1.165) is 22.6 Å². The van der Waals surface area contributed by atoms with Crippen LogP contribution in [0, 0.1) is 5.82 Å². The van der Waals surface area contributed by atoms with Crippen LogP contribution >= 0.6 is 0 Å². The average molecular weight is 296 g/mol. The molecule has 0 aliphatic heterocycles. The van der Waals surface area contributed by atoms with Gasteiger partial charge in [0.15, 0.2) is 4.90 Å². The molecule has 1 heterocycles. The topological polar surface area (TPSA) is 70.2 Å². The van der Waals surface area contributed by atoms with Crippen molar-refractivity contribution in [1.29, 1.82) is 0 Å². The van der Waals surface area contributed by atoms with Gasteiger partial charge in [-0.15, -0.1) is 0 Å². The molecular formula is C13H13FN2O3S. The van der Waals surface area contributed by atoms with Crippen LogP contribution in [0.5, 0.6) is 0 Å². The van der Waals surface area contributed by atoms with Crippen LogP contribution in [-0.4, -0.2) is 19.9 Å². The molecule has 106 valence electrons. The van der Waals surface area contributed by atoms with E-state index in [1.807, 2.05) is 0 Å². The molecule has 5 nitrogen and oxygen atoms in total. The van der Waals surface area contributed by atoms with Crippen LogP contribution in [0.1, 0.15) is 6.92 Å². The molecule has 1 aromatic heterocycles. The molecule has 1 aromatic carbocycles. The second kappa shape index (κ2) is 5.46. The highest BCUT2D eigenvalue weighted by atomic mass is 32.2. The quantitative estimate of drug-likeness (QED) is 0.934. The predicted molar refractivity (Wildman–Crippen MR) is 73.7 cm³/mol. The van der Waals surface area contributed by atoms with Crippen molar-refractivity contribution >= 4 is 15.7 Å². The third-order valence-electron chi connectivity index (χ3n) is 2.74. The third-order valence-corrected chi connectivity index (χ3v) is 4.66. The number of pyridine rings is 1. The van der Waals surface area contributed by atoms with Crippen molar-refractivity contribution in [2.75, 3.05) is 10.8 Å². The largest absolute Gasteiger partial charge is 0.366 e. The molecule has 0 unspecified atom stereocenters. The van der Waals surface area contributed by atoms with Gasteiger partial charge in [0.1, 0.15) is 5.82 Å². The number of anilines is 1. The van der Waals surface area contributed by atoms with Crippen molar-refractivity contribution in [3.8, 4) is 0 Å². The first-order valence-electron chi connectivity index (χ1n) is 5.92. The Hall–Kier alpha value is -2.15. The van der Waals surface area contributed by atoms with Crippen LogP contribution in [0.3, 0.4) is 0 Å². The van der Waals surface area contributed by atoms with Crippen molar-refractivity contribution in [2.45, 2.75) is 11.8 Å². The summed E-state index contributed by atoms with van der Waals surface area (Å²) in [7, 11) is -4.03. The van der Waals surface area contributed by atoms with Crippen LogP contribution in [0.2, 0.25) is 0 Å². The van der Waals surface area contributed by atoms with E-state index < -0.39 is 21.3 Å². The van der Waals surface area contributed by atoms with Crippen LogP contribution in [-0.2, 0) is 10.0 Å². The Morgan fingerprint density at radius 3 is 2.65 bits per heavy atom. The summed E-state index contributed by atoms with van der Waals surface area (Å²) in [6.07, 6.45) is 2.47. The molecule has 0 saturated heterocycles. The maximum Gasteiger partial charge on any atom is 0.269 e. The first-order chi connectivity index (χ1) is 9.46. The Labute approximate surface area is 115 Å². The average Bonchev–Trinajstić information content (AvgIpc) is 2.39. The third kappa shape index (κ3) is 2.57. The lowest BCUT2D eigenvalue weighted by molar-refractivity contribution is 0.590. The number of H-pyrrole nitrogens is 1. The fourth-order valence-corrected chi connectivity index (χ4v) is 3.35. The number of aromatic amines is 1. The Kier molecular flexibility index (Phi) is 3.89. The van der Waals surface area contributed by atoms with E-state index in [2.05, 4.69) is 4.98 Å². The van der Waals surface area contributed by atoms with E-state index in [0.29, 0.717) is 0 Å². The van der Waals surface area contributed by atoms with E-state index in [-0.39, 0.29) is 17.1 Å². The van der Waals surface area contributed by atoms with Crippen molar-refractivity contribution in [3.63, 3.8) is 0 Å². The lowest BCUT2D eigenvalue weighted by Crippen LogP contribution is -2.33. The Morgan fingerprint density at radius 1 is 1.30 bits per heavy atom. The molecule has 0 bridgehead atoms. The second-order valence-electron chi connectivity index (χ2n) is 4.02. The molecular weight excluding hydrogens is 283 g/mol. The van der Waals surface area contributed by atoms with Gasteiger partial charge in [0.05, 0.1) is 5.69 Å². The zero-order valence-electron chi connectivity index (χ0n) is 10.7. The predicted octanol–water partition coefficient (Wildman–Crippen LogP) is 1.73. The number of benzene rings is 1. The molecule has 0 radical (unpaired) electrons. The summed E-state index contributed by atoms with van der Waals surface area (Å²) in [5.41, 5.74) is -0.436. The second-order valence-corrected chi connectivity index (χ2v) is 5.85. The number of halogens is 1. The summed E-state index contributed by atoms with van der Waals surface area (Å²) >= 11 is 0. The number of sulfonamides is 1. The lowest BCUT2D eigenvalue weighted by atomic mass is 10.3. The monoisotopic (exact) mass is 296 g/mol. The summed E-state index contributed by atoms with van der Waals surface area (Å²) in [6.45, 7) is 1.69. The normalized spacial score (nSPS) is 11.3. The summed E-state index contributed by atoms with van der Waals surface area (Å²) < 4.78 is 39.2. The molecule has 0 spiro atoms. The van der Waals surface area contributed by atoms with Gasteiger partial charge in [-0.2, -0.15) is 0 Å². The van der Waals surface area contributed by atoms with Gasteiger partial charge >= 0.3 is 0 Å². The molecule has 0 fully saturated rings. The summed E-state index contributed by atoms with van der Waals surface area (Å²) in [6, 6.07) is 6.35. The van der Waals surface area contributed by atoms with E-state index in [1.165, 1.54) is 24.4 Å². The number of aromatic nitrogens is 1. The van der Waals surface area contributed by atoms with Gasteiger partial charge < -0.3 is 4.98 Å². The molecule has 0 amide bonds. The van der Waals surface area contributed by atoms with Gasteiger partial charge in [-0.05, 0) is 25.1 Å². The van der Waals surface area contributed by atoms with Gasteiger partial charge in [-0.1, -0.05) is 6.07 Å². The highest BCUT2D eigenvalue weighted by Gasteiger charge is 2.26. The molecule has 2 aromatic rings. The van der Waals surface area contributed by atoms with Gasteiger partial charge in [-0.25, -0.2) is 12.8 Å². The molecule has 20 heavy (non-hydrogen) atoms. The van der Waals surface area contributed by atoms with Gasteiger partial charge in [0.25, 0.3) is 10.0 Å². The molecule has 0 atom stereocenters. The molecule has 2 rings (SSSR count). The van der Waals surface area contributed by atoms with Crippen molar-refractivity contribution in [3.05, 3.63) is 58.8 Å². The first-order valence-corrected chi connectivity index (χ1v) is 7.36. The van der Waals surface area contributed by atoms with Crippen LogP contribution in [0.15, 0.2) is 52.4 Å². The van der Waals surface area contributed by atoms with Crippen LogP contribution < -0.4 is 9.73 Å². The maximum atomic E-state index is 13.2. The maximum absolute atomic E-state index is 13.2. The van der Waals surface area contributed by atoms with Crippen molar-refractivity contribution in [2.24, 2.45) is 0 Å². The van der Waals surface area contributed by atoms with Crippen LogP contribution in [0.25, 0.3) is 0 Å². The van der Waals surface area contributed by atoms with E-state index in [1.54, 1.807) is 6.92 Å². The molecule has 0 aliphatic carbocycles. The number of nitrogens with one attached hydrogen (secondary N) is 1. The van der Waals surface area contributed by atoms with Crippen LogP contribution in [0.4, 0.5) is 10.1 Å². The zero-order valence-corrected chi connectivity index (χ0v) is 11.5. The van der Waals surface area contributed by atoms with Crippen molar-refractivity contribution in [1.82, 2.24) is 4.98 Å². The highest BCUT2D eigenvalue weighted by Crippen LogP contribution is 2.22. The highest BCUT2D eigenvalue weighted by molar-refractivity contribution is 7.92. The Bertz CT molecular complexity index is 771. The molecule has 1 N–H and O–H groups in total. The first kappa shape index (κ1) is 14.3. The zero-order chi connectivity index (χ0) is 14.8. The summed E-state index contributed by atoms with van der Waals surface area (Å²) in [5, 5.41) is 0. The summed E-state index contributed by atoms with van der Waals surface area (Å²) in [5.74, 6) is -0.543. The Morgan fingerprint density at radius 2 is 2.05 bits per heavy atom. The number of nitrogens with zero attached hydrogens (tertiary/aromatic N) is 1. The minimum Gasteiger partial charge on any atom is -0.366 e. The van der Waals surface area contributed by atoms with Gasteiger partial charge in [0.2, 0.25) is 5.43 Å². The van der Waals surface area contributed by atoms with Gasteiger partial charge in [0, 0.05) is 25.0 Å². The molecule has 7 heteroatoms. The van der Waals surface area contributed by atoms with E-state index in [4.69, 9.17) is 0 Å². The fraction of sp³-hybridized carbons (Fsp3) is 0.154. The smallest absolute Gasteiger partial charge is 0.269 e. The standard InChI is InChI=1S/C13H13FN2O3S/c1-2-16(11-5-3-4-10(14)8-11)20(18,19)13-9-15-7-6-12(13)17/h3-9H,2H2,1H3,(H,15,17). The Balaban J connectivity index is 2.57. The summed E-state index contributed by atoms with van der Waals surface area (Å²) in [4.78, 5) is 13.9. The van der Waals surface area contributed by atoms with Gasteiger partial charge in [-0.3, -0.25) is 9.10 Å². The van der Waals surface area contributed by atoms with E-state index >= 15 is 0 Å². The molecule has 0 saturated carbocycles.